The number of nitrogens with zero attached hydrogens (tertiary/aromatic N) is 1. The Kier molecular flexibility index (Phi) is 6.52. The summed E-state index contributed by atoms with van der Waals surface area (Å²) in [7, 11) is 0. The summed E-state index contributed by atoms with van der Waals surface area (Å²) in [6, 6.07) is 0. The third-order valence-corrected chi connectivity index (χ3v) is 3.35. The fraction of sp³-hybridized carbons (Fsp3) is 0.923. The Morgan fingerprint density at radius 1 is 1.53 bits per heavy atom. The van der Waals surface area contributed by atoms with E-state index < -0.39 is 0 Å². The van der Waals surface area contributed by atoms with Crippen LogP contribution in [0.5, 0.6) is 0 Å². The van der Waals surface area contributed by atoms with Crippen LogP contribution in [0.25, 0.3) is 0 Å². The third kappa shape index (κ3) is 6.03. The van der Waals surface area contributed by atoms with E-state index in [0.29, 0.717) is 18.4 Å². The predicted octanol–water partition coefficient (Wildman–Crippen LogP) is 0.819. The van der Waals surface area contributed by atoms with Gasteiger partial charge < -0.3 is 11.1 Å². The number of carbonyl (C=O) groups excluding carboxylic acids is 1. The SMILES string of the molecule is CC(C)CCNC(=O)CN1CCC[C@H](CN)C1. The van der Waals surface area contributed by atoms with Crippen LogP contribution in [0.2, 0.25) is 0 Å². The molecular formula is C13H27N3O. The largest absolute Gasteiger partial charge is 0.355 e. The van der Waals surface area contributed by atoms with Gasteiger partial charge in [-0.15, -0.1) is 0 Å². The Bertz CT molecular complexity index is 231. The average molecular weight is 241 g/mol. The van der Waals surface area contributed by atoms with Crippen molar-refractivity contribution in [1.82, 2.24) is 10.2 Å². The molecule has 3 N–H and O–H groups in total. The molecule has 0 aromatic carbocycles. The fourth-order valence-corrected chi connectivity index (χ4v) is 2.25. The number of piperidine rings is 1. The highest BCUT2D eigenvalue weighted by molar-refractivity contribution is 5.77. The molecule has 4 heteroatoms. The second kappa shape index (κ2) is 7.67. The van der Waals surface area contributed by atoms with Crippen LogP contribution in [0, 0.1) is 11.8 Å². The van der Waals surface area contributed by atoms with Gasteiger partial charge in [0.15, 0.2) is 0 Å². The summed E-state index contributed by atoms with van der Waals surface area (Å²) in [4.78, 5) is 13.9. The molecule has 1 rings (SSSR count). The Balaban J connectivity index is 2.17. The lowest BCUT2D eigenvalue weighted by molar-refractivity contribution is -0.122. The van der Waals surface area contributed by atoms with Gasteiger partial charge in [-0.25, -0.2) is 0 Å². The van der Waals surface area contributed by atoms with Crippen molar-refractivity contribution in [3.8, 4) is 0 Å². The molecule has 0 spiro atoms. The first-order valence-corrected chi connectivity index (χ1v) is 6.81. The van der Waals surface area contributed by atoms with E-state index in [1.165, 1.54) is 12.8 Å². The van der Waals surface area contributed by atoms with Crippen molar-refractivity contribution < 1.29 is 4.79 Å². The number of amides is 1. The molecule has 1 atom stereocenters. The van der Waals surface area contributed by atoms with Gasteiger partial charge in [-0.05, 0) is 44.2 Å². The van der Waals surface area contributed by atoms with Gasteiger partial charge in [0.2, 0.25) is 5.91 Å². The Labute approximate surface area is 105 Å². The molecule has 1 amide bonds. The number of likely N-dealkylation sites (tertiary alicyclic amines) is 1. The lowest BCUT2D eigenvalue weighted by atomic mass is 9.98. The van der Waals surface area contributed by atoms with E-state index in [1.807, 2.05) is 0 Å². The molecule has 0 radical (unpaired) electrons. The van der Waals surface area contributed by atoms with Gasteiger partial charge in [-0.2, -0.15) is 0 Å². The van der Waals surface area contributed by atoms with Gasteiger partial charge in [0.05, 0.1) is 6.54 Å². The maximum absolute atomic E-state index is 11.7. The average Bonchev–Trinajstić information content (AvgIpc) is 2.28. The molecule has 0 saturated carbocycles. The quantitative estimate of drug-likeness (QED) is 0.724. The van der Waals surface area contributed by atoms with Crippen LogP contribution >= 0.6 is 0 Å². The second-order valence-corrected chi connectivity index (χ2v) is 5.51. The number of hydrogen-bond acceptors (Lipinski definition) is 3. The molecule has 1 aliphatic heterocycles. The minimum Gasteiger partial charge on any atom is -0.355 e. The zero-order valence-corrected chi connectivity index (χ0v) is 11.2. The molecular weight excluding hydrogens is 214 g/mol. The summed E-state index contributed by atoms with van der Waals surface area (Å²) in [6.07, 6.45) is 3.43. The minimum absolute atomic E-state index is 0.156. The topological polar surface area (TPSA) is 58.4 Å². The van der Waals surface area contributed by atoms with Crippen molar-refractivity contribution in [1.29, 1.82) is 0 Å². The molecule has 100 valence electrons. The van der Waals surface area contributed by atoms with Gasteiger partial charge in [0.1, 0.15) is 0 Å². The van der Waals surface area contributed by atoms with E-state index in [0.717, 1.165) is 32.6 Å². The smallest absolute Gasteiger partial charge is 0.234 e. The molecule has 4 nitrogen and oxygen atoms in total. The monoisotopic (exact) mass is 241 g/mol. The van der Waals surface area contributed by atoms with Gasteiger partial charge in [-0.1, -0.05) is 13.8 Å². The van der Waals surface area contributed by atoms with Crippen molar-refractivity contribution in [2.24, 2.45) is 17.6 Å². The second-order valence-electron chi connectivity index (χ2n) is 5.51. The van der Waals surface area contributed by atoms with Crippen LogP contribution in [0.1, 0.15) is 33.1 Å². The summed E-state index contributed by atoms with van der Waals surface area (Å²) in [6.45, 7) is 8.43. The van der Waals surface area contributed by atoms with Crippen LogP contribution < -0.4 is 11.1 Å². The highest BCUT2D eigenvalue weighted by Crippen LogP contribution is 2.14. The molecule has 1 saturated heterocycles. The summed E-state index contributed by atoms with van der Waals surface area (Å²) in [5.41, 5.74) is 5.68. The molecule has 0 aromatic heterocycles. The summed E-state index contributed by atoms with van der Waals surface area (Å²) in [5.74, 6) is 1.38. The first kappa shape index (κ1) is 14.5. The molecule has 1 heterocycles. The first-order chi connectivity index (χ1) is 8.11. The summed E-state index contributed by atoms with van der Waals surface area (Å²) < 4.78 is 0. The van der Waals surface area contributed by atoms with Crippen molar-refractivity contribution in [3.05, 3.63) is 0 Å². The van der Waals surface area contributed by atoms with E-state index in [4.69, 9.17) is 5.73 Å². The van der Waals surface area contributed by atoms with Crippen LogP contribution in [0.4, 0.5) is 0 Å². The zero-order chi connectivity index (χ0) is 12.7. The van der Waals surface area contributed by atoms with E-state index in [9.17, 15) is 4.79 Å². The molecule has 0 bridgehead atoms. The number of hydrogen-bond donors (Lipinski definition) is 2. The lowest BCUT2D eigenvalue weighted by Gasteiger charge is -2.31. The fourth-order valence-electron chi connectivity index (χ4n) is 2.25. The Morgan fingerprint density at radius 3 is 2.94 bits per heavy atom. The zero-order valence-electron chi connectivity index (χ0n) is 11.2. The van der Waals surface area contributed by atoms with Crippen LogP contribution in [0.3, 0.4) is 0 Å². The van der Waals surface area contributed by atoms with E-state index in [1.54, 1.807) is 0 Å². The molecule has 1 aliphatic rings. The van der Waals surface area contributed by atoms with Crippen LogP contribution in [-0.2, 0) is 4.79 Å². The van der Waals surface area contributed by atoms with Crippen LogP contribution in [-0.4, -0.2) is 43.5 Å². The van der Waals surface area contributed by atoms with E-state index in [-0.39, 0.29) is 5.91 Å². The Morgan fingerprint density at radius 2 is 2.29 bits per heavy atom. The molecule has 1 fully saturated rings. The first-order valence-electron chi connectivity index (χ1n) is 6.81. The van der Waals surface area contributed by atoms with Crippen molar-refractivity contribution in [2.45, 2.75) is 33.1 Å². The summed E-state index contributed by atoms with van der Waals surface area (Å²) >= 11 is 0. The van der Waals surface area contributed by atoms with E-state index in [2.05, 4.69) is 24.1 Å². The molecule has 0 aliphatic carbocycles. The molecule has 0 unspecified atom stereocenters. The third-order valence-electron chi connectivity index (χ3n) is 3.35. The summed E-state index contributed by atoms with van der Waals surface area (Å²) in [5, 5.41) is 2.98. The molecule has 17 heavy (non-hydrogen) atoms. The number of rotatable bonds is 6. The maximum atomic E-state index is 11.7. The minimum atomic E-state index is 0.156. The lowest BCUT2D eigenvalue weighted by Crippen LogP contribution is -2.44. The predicted molar refractivity (Wildman–Crippen MR) is 70.7 cm³/mol. The number of carbonyl (C=O) groups is 1. The van der Waals surface area contributed by atoms with Gasteiger partial charge >= 0.3 is 0 Å². The maximum Gasteiger partial charge on any atom is 0.234 e. The van der Waals surface area contributed by atoms with Crippen molar-refractivity contribution >= 4 is 5.91 Å². The number of nitrogens with two attached hydrogens (primary N) is 1. The molecule has 0 aromatic rings. The van der Waals surface area contributed by atoms with Gasteiger partial charge in [-0.3, -0.25) is 9.69 Å². The van der Waals surface area contributed by atoms with Crippen LogP contribution in [0.15, 0.2) is 0 Å². The highest BCUT2D eigenvalue weighted by atomic mass is 16.2. The van der Waals surface area contributed by atoms with Crippen molar-refractivity contribution in [2.75, 3.05) is 32.7 Å². The van der Waals surface area contributed by atoms with Gasteiger partial charge in [0.25, 0.3) is 0 Å². The highest BCUT2D eigenvalue weighted by Gasteiger charge is 2.20. The van der Waals surface area contributed by atoms with E-state index >= 15 is 0 Å². The number of nitrogens with one attached hydrogen (secondary N) is 1. The van der Waals surface area contributed by atoms with Crippen molar-refractivity contribution in [3.63, 3.8) is 0 Å². The standard InChI is InChI=1S/C13H27N3O/c1-11(2)5-6-15-13(17)10-16-7-3-4-12(8-14)9-16/h11-12H,3-10,14H2,1-2H3,(H,15,17)/t12-/m1/s1. The Hall–Kier alpha value is -0.610. The van der Waals surface area contributed by atoms with Gasteiger partial charge in [0, 0.05) is 13.1 Å². The normalized spacial score (nSPS) is 21.8.